The highest BCUT2D eigenvalue weighted by molar-refractivity contribution is 7.92. The maximum absolute atomic E-state index is 14.0. The molecule has 0 aliphatic carbocycles. The molecule has 42 heavy (non-hydrogen) atoms. The highest BCUT2D eigenvalue weighted by Gasteiger charge is 2.31. The molecule has 0 bridgehead atoms. The fraction of sp³-hybridized carbons (Fsp3) is 0.375. The second kappa shape index (κ2) is 15.4. The molecule has 0 aromatic heterocycles. The summed E-state index contributed by atoms with van der Waals surface area (Å²) in [6.07, 6.45) is 2.46. The largest absolute Gasteiger partial charge is 0.352 e. The molecule has 0 spiro atoms. The monoisotopic (exact) mass is 631 g/mol. The zero-order valence-corrected chi connectivity index (χ0v) is 26.8. The Balaban J connectivity index is 1.92. The number of nitrogens with one attached hydrogen (secondary N) is 1. The fourth-order valence-electron chi connectivity index (χ4n) is 4.64. The van der Waals surface area contributed by atoms with Crippen molar-refractivity contribution in [2.24, 2.45) is 0 Å². The van der Waals surface area contributed by atoms with Crippen molar-refractivity contribution in [3.05, 3.63) is 99.5 Å². The van der Waals surface area contributed by atoms with Crippen molar-refractivity contribution < 1.29 is 18.0 Å². The summed E-state index contributed by atoms with van der Waals surface area (Å²) in [5.41, 5.74) is 2.86. The highest BCUT2D eigenvalue weighted by Crippen LogP contribution is 2.27. The van der Waals surface area contributed by atoms with Crippen molar-refractivity contribution in [3.63, 3.8) is 0 Å². The number of carbonyl (C=O) groups excluding carboxylic acids is 2. The molecule has 0 aliphatic heterocycles. The van der Waals surface area contributed by atoms with E-state index >= 15 is 0 Å². The number of aryl methyl sites for hydroxylation is 1. The van der Waals surface area contributed by atoms with Crippen LogP contribution in [0, 0.1) is 6.92 Å². The Kier molecular flexibility index (Phi) is 12.3. The third-order valence-electron chi connectivity index (χ3n) is 7.16. The number of hydrogen-bond donors (Lipinski definition) is 1. The van der Waals surface area contributed by atoms with Crippen LogP contribution in [0.15, 0.2) is 72.8 Å². The van der Waals surface area contributed by atoms with Gasteiger partial charge in [0.05, 0.1) is 11.9 Å². The number of benzene rings is 3. The Labute approximate surface area is 259 Å². The first-order chi connectivity index (χ1) is 19.9. The lowest BCUT2D eigenvalue weighted by Crippen LogP contribution is -2.52. The summed E-state index contributed by atoms with van der Waals surface area (Å²) in [5, 5.41) is 3.96. The van der Waals surface area contributed by atoms with Gasteiger partial charge in [0, 0.05) is 42.0 Å². The quantitative estimate of drug-likeness (QED) is 0.223. The van der Waals surface area contributed by atoms with Crippen LogP contribution < -0.4 is 9.62 Å². The molecule has 2 amide bonds. The van der Waals surface area contributed by atoms with Crippen molar-refractivity contribution >= 4 is 50.7 Å². The van der Waals surface area contributed by atoms with Gasteiger partial charge in [-0.05, 0) is 61.6 Å². The summed E-state index contributed by atoms with van der Waals surface area (Å²) in [4.78, 5) is 29.2. The van der Waals surface area contributed by atoms with Gasteiger partial charge in [0.15, 0.2) is 0 Å². The summed E-state index contributed by atoms with van der Waals surface area (Å²) in [6.45, 7) is 5.93. The molecule has 3 rings (SSSR count). The summed E-state index contributed by atoms with van der Waals surface area (Å²) in [5.74, 6) is -0.521. The maximum Gasteiger partial charge on any atom is 0.243 e. The third kappa shape index (κ3) is 9.48. The van der Waals surface area contributed by atoms with Gasteiger partial charge in [0.25, 0.3) is 0 Å². The van der Waals surface area contributed by atoms with Crippen molar-refractivity contribution in [2.45, 2.75) is 65.1 Å². The molecule has 0 saturated heterocycles. The number of carbonyl (C=O) groups is 2. The lowest BCUT2D eigenvalue weighted by Gasteiger charge is -2.33. The molecule has 1 N–H and O–H groups in total. The zero-order valence-electron chi connectivity index (χ0n) is 24.5. The third-order valence-corrected chi connectivity index (χ3v) is 8.95. The smallest absolute Gasteiger partial charge is 0.243 e. The van der Waals surface area contributed by atoms with Gasteiger partial charge in [0.2, 0.25) is 21.8 Å². The van der Waals surface area contributed by atoms with Gasteiger partial charge in [-0.2, -0.15) is 0 Å². The lowest BCUT2D eigenvalue weighted by molar-refractivity contribution is -0.141. The molecular weight excluding hydrogens is 593 g/mol. The Morgan fingerprint density at radius 1 is 0.976 bits per heavy atom. The summed E-state index contributed by atoms with van der Waals surface area (Å²) in [7, 11) is -3.65. The SMILES string of the molecule is CC[C@H](C)NC(=O)[C@H](Cc1ccccc1)N(Cc1ccccc1Cl)C(=O)CCCN(c1cc(Cl)ccc1C)S(C)(=O)=O. The molecule has 2 atom stereocenters. The number of sulfonamides is 1. The van der Waals surface area contributed by atoms with Crippen LogP contribution in [0.3, 0.4) is 0 Å². The minimum absolute atomic E-state index is 0.0258. The second-order valence-corrected chi connectivity index (χ2v) is 13.3. The number of rotatable bonds is 14. The predicted molar refractivity (Wildman–Crippen MR) is 171 cm³/mol. The van der Waals surface area contributed by atoms with Crippen molar-refractivity contribution in [2.75, 3.05) is 17.1 Å². The van der Waals surface area contributed by atoms with Gasteiger partial charge in [0.1, 0.15) is 6.04 Å². The molecule has 7 nitrogen and oxygen atoms in total. The summed E-state index contributed by atoms with van der Waals surface area (Å²) >= 11 is 12.7. The van der Waals surface area contributed by atoms with Gasteiger partial charge in [-0.3, -0.25) is 13.9 Å². The van der Waals surface area contributed by atoms with E-state index in [2.05, 4.69) is 5.32 Å². The van der Waals surface area contributed by atoms with Gasteiger partial charge < -0.3 is 10.2 Å². The predicted octanol–water partition coefficient (Wildman–Crippen LogP) is 6.40. The number of anilines is 1. The van der Waals surface area contributed by atoms with Gasteiger partial charge in [-0.25, -0.2) is 8.42 Å². The topological polar surface area (TPSA) is 86.8 Å². The molecule has 0 saturated carbocycles. The van der Waals surface area contributed by atoms with Crippen LogP contribution in [0.1, 0.15) is 49.8 Å². The average molecular weight is 633 g/mol. The van der Waals surface area contributed by atoms with Crippen LogP contribution in [0.4, 0.5) is 5.69 Å². The molecule has 0 aliphatic rings. The molecular formula is C32H39Cl2N3O4S. The van der Waals surface area contributed by atoms with E-state index in [0.29, 0.717) is 27.7 Å². The van der Waals surface area contributed by atoms with Gasteiger partial charge in [-0.15, -0.1) is 0 Å². The standard InChI is InChI=1S/C32H39Cl2N3O4S/c1-5-24(3)35-32(39)30(20-25-12-7-6-8-13-25)36(22-26-14-9-10-15-28(26)34)31(38)16-11-19-37(42(4,40)41)29-21-27(33)18-17-23(29)2/h6-10,12-15,17-18,21,24,30H,5,11,16,19-20,22H2,1-4H3,(H,35,39)/t24-,30-/m0/s1. The van der Waals surface area contributed by atoms with Crippen LogP contribution in [0.25, 0.3) is 0 Å². The summed E-state index contributed by atoms with van der Waals surface area (Å²) in [6, 6.07) is 21.0. The molecule has 0 unspecified atom stereocenters. The van der Waals surface area contributed by atoms with E-state index in [0.717, 1.165) is 23.8 Å². The minimum Gasteiger partial charge on any atom is -0.352 e. The molecule has 0 fully saturated rings. The molecule has 226 valence electrons. The molecule has 3 aromatic rings. The number of hydrogen-bond acceptors (Lipinski definition) is 4. The number of nitrogens with zero attached hydrogens (tertiary/aromatic N) is 2. The first-order valence-corrected chi connectivity index (χ1v) is 16.6. The van der Waals surface area contributed by atoms with Crippen LogP contribution in [0.5, 0.6) is 0 Å². The lowest BCUT2D eigenvalue weighted by atomic mass is 10.0. The average Bonchev–Trinajstić information content (AvgIpc) is 2.95. The van der Waals surface area contributed by atoms with E-state index in [-0.39, 0.29) is 43.8 Å². The second-order valence-electron chi connectivity index (χ2n) is 10.5. The van der Waals surface area contributed by atoms with E-state index in [1.165, 1.54) is 4.31 Å². The van der Waals surface area contributed by atoms with Crippen LogP contribution in [-0.4, -0.2) is 50.0 Å². The van der Waals surface area contributed by atoms with Crippen LogP contribution in [0.2, 0.25) is 10.0 Å². The fourth-order valence-corrected chi connectivity index (χ4v) is 6.02. The highest BCUT2D eigenvalue weighted by atomic mass is 35.5. The Bertz CT molecular complexity index is 1470. The number of amides is 2. The molecule has 10 heteroatoms. The molecule has 0 heterocycles. The van der Waals surface area contributed by atoms with Crippen molar-refractivity contribution in [3.8, 4) is 0 Å². The maximum atomic E-state index is 14.0. The Morgan fingerprint density at radius 2 is 1.64 bits per heavy atom. The molecule has 3 aromatic carbocycles. The Hall–Kier alpha value is -3.07. The first kappa shape index (κ1) is 33.4. The minimum atomic E-state index is -3.65. The van der Waals surface area contributed by atoms with E-state index < -0.39 is 16.1 Å². The molecule has 0 radical (unpaired) electrons. The van der Waals surface area contributed by atoms with E-state index in [1.807, 2.05) is 69.3 Å². The van der Waals surface area contributed by atoms with Gasteiger partial charge >= 0.3 is 0 Å². The summed E-state index contributed by atoms with van der Waals surface area (Å²) < 4.78 is 26.7. The zero-order chi connectivity index (χ0) is 30.9. The van der Waals surface area contributed by atoms with Crippen LogP contribution >= 0.6 is 23.2 Å². The Morgan fingerprint density at radius 3 is 2.29 bits per heavy atom. The van der Waals surface area contributed by atoms with E-state index in [4.69, 9.17) is 23.2 Å². The van der Waals surface area contributed by atoms with E-state index in [1.54, 1.807) is 29.2 Å². The van der Waals surface area contributed by atoms with E-state index in [9.17, 15) is 18.0 Å². The first-order valence-electron chi connectivity index (χ1n) is 14.0. The van der Waals surface area contributed by atoms with Crippen LogP contribution in [-0.2, 0) is 32.6 Å². The number of halogens is 2. The van der Waals surface area contributed by atoms with Gasteiger partial charge in [-0.1, -0.05) is 84.7 Å². The normalized spacial score (nSPS) is 12.8. The van der Waals surface area contributed by atoms with Crippen molar-refractivity contribution in [1.82, 2.24) is 10.2 Å². The van der Waals surface area contributed by atoms with Crippen molar-refractivity contribution in [1.29, 1.82) is 0 Å².